The molecule has 5 heteroatoms. The van der Waals surface area contributed by atoms with E-state index in [9.17, 15) is 4.79 Å². The van der Waals surface area contributed by atoms with Gasteiger partial charge < -0.3 is 15.4 Å². The van der Waals surface area contributed by atoms with Gasteiger partial charge in [-0.2, -0.15) is 0 Å². The molecule has 0 radical (unpaired) electrons. The highest BCUT2D eigenvalue weighted by Gasteiger charge is 2.44. The molecule has 0 aliphatic carbocycles. The quantitative estimate of drug-likeness (QED) is 0.899. The number of nitrogens with zero attached hydrogens (tertiary/aromatic N) is 1. The van der Waals surface area contributed by atoms with Crippen LogP contribution in [0.1, 0.15) is 31.2 Å². The third-order valence-electron chi connectivity index (χ3n) is 4.99. The number of carbonyl (C=O) groups is 1. The molecule has 2 N–H and O–H groups in total. The van der Waals surface area contributed by atoms with Crippen LogP contribution >= 0.6 is 0 Å². The molecule has 0 bridgehead atoms. The van der Waals surface area contributed by atoms with E-state index in [1.807, 2.05) is 25.1 Å². The van der Waals surface area contributed by atoms with E-state index in [-0.39, 0.29) is 11.6 Å². The first-order valence-corrected chi connectivity index (χ1v) is 8.07. The Morgan fingerprint density at radius 3 is 2.73 bits per heavy atom. The van der Waals surface area contributed by atoms with E-state index in [0.29, 0.717) is 11.4 Å². The number of urea groups is 1. The molecule has 2 saturated heterocycles. The van der Waals surface area contributed by atoms with Crippen molar-refractivity contribution in [2.24, 2.45) is 0 Å². The predicted molar refractivity (Wildman–Crippen MR) is 87.5 cm³/mol. The Kier molecular flexibility index (Phi) is 4.25. The number of rotatable bonds is 4. The zero-order valence-electron chi connectivity index (χ0n) is 13.4. The summed E-state index contributed by atoms with van der Waals surface area (Å²) in [6.07, 6.45) is 4.88. The summed E-state index contributed by atoms with van der Waals surface area (Å²) in [5.41, 5.74) is 2.01. The number of amides is 2. The molecular formula is C17H25N3O2. The van der Waals surface area contributed by atoms with Gasteiger partial charge >= 0.3 is 6.03 Å². The van der Waals surface area contributed by atoms with Crippen molar-refractivity contribution in [2.45, 2.75) is 38.1 Å². The van der Waals surface area contributed by atoms with Crippen molar-refractivity contribution in [1.29, 1.82) is 0 Å². The standard InChI is InChI=1S/C17H25N3O2/c1-13-5-6-15(22-2)14(11-13)19-16(21)18-12-17-7-3-9-20(17)10-4-8-17/h5-6,11H,3-4,7-10,12H2,1-2H3,(H2,18,19,21). The number of benzene rings is 1. The average Bonchev–Trinajstić information content (AvgIpc) is 3.05. The van der Waals surface area contributed by atoms with Crippen LogP contribution < -0.4 is 15.4 Å². The van der Waals surface area contributed by atoms with E-state index in [4.69, 9.17) is 4.74 Å². The summed E-state index contributed by atoms with van der Waals surface area (Å²) in [4.78, 5) is 14.8. The maximum absolute atomic E-state index is 12.2. The third-order valence-corrected chi connectivity index (χ3v) is 4.99. The molecule has 2 aliphatic heterocycles. The normalized spacial score (nSPS) is 19.7. The maximum atomic E-state index is 12.2. The smallest absolute Gasteiger partial charge is 0.319 e. The summed E-state index contributed by atoms with van der Waals surface area (Å²) in [6, 6.07) is 5.61. The van der Waals surface area contributed by atoms with E-state index in [2.05, 4.69) is 15.5 Å². The number of nitrogens with one attached hydrogen (secondary N) is 2. The highest BCUT2D eigenvalue weighted by Crippen LogP contribution is 2.38. The van der Waals surface area contributed by atoms with Crippen molar-refractivity contribution in [1.82, 2.24) is 10.2 Å². The van der Waals surface area contributed by atoms with Gasteiger partial charge in [-0.05, 0) is 63.4 Å². The minimum Gasteiger partial charge on any atom is -0.495 e. The molecule has 0 unspecified atom stereocenters. The fourth-order valence-corrected chi connectivity index (χ4v) is 3.84. The summed E-state index contributed by atoms with van der Waals surface area (Å²) in [7, 11) is 1.61. The van der Waals surface area contributed by atoms with Crippen LogP contribution in [0.25, 0.3) is 0 Å². The topological polar surface area (TPSA) is 53.6 Å². The maximum Gasteiger partial charge on any atom is 0.319 e. The number of carbonyl (C=O) groups excluding carboxylic acids is 1. The Bertz CT molecular complexity index is 549. The van der Waals surface area contributed by atoms with Gasteiger partial charge in [-0.1, -0.05) is 6.07 Å². The molecule has 3 rings (SSSR count). The number of aryl methyl sites for hydroxylation is 1. The molecular weight excluding hydrogens is 278 g/mol. The van der Waals surface area contributed by atoms with Crippen molar-refractivity contribution in [3.63, 3.8) is 0 Å². The molecule has 0 spiro atoms. The second-order valence-corrected chi connectivity index (χ2v) is 6.43. The summed E-state index contributed by atoms with van der Waals surface area (Å²) < 4.78 is 5.30. The van der Waals surface area contributed by atoms with Crippen LogP contribution in [0, 0.1) is 6.92 Å². The molecule has 0 aromatic heterocycles. The Morgan fingerprint density at radius 1 is 1.32 bits per heavy atom. The van der Waals surface area contributed by atoms with E-state index in [1.165, 1.54) is 38.8 Å². The fraction of sp³-hybridized carbons (Fsp3) is 0.588. The van der Waals surface area contributed by atoms with Gasteiger partial charge in [0.1, 0.15) is 5.75 Å². The zero-order valence-corrected chi connectivity index (χ0v) is 13.4. The second-order valence-electron chi connectivity index (χ2n) is 6.43. The van der Waals surface area contributed by atoms with Crippen molar-refractivity contribution in [3.05, 3.63) is 23.8 Å². The van der Waals surface area contributed by atoms with Crippen LogP contribution in [0.15, 0.2) is 18.2 Å². The largest absolute Gasteiger partial charge is 0.495 e. The van der Waals surface area contributed by atoms with Gasteiger partial charge in [0.25, 0.3) is 0 Å². The lowest BCUT2D eigenvalue weighted by Gasteiger charge is -2.32. The van der Waals surface area contributed by atoms with E-state index in [1.54, 1.807) is 7.11 Å². The van der Waals surface area contributed by atoms with Crippen LogP contribution in [0.2, 0.25) is 0 Å². The molecule has 2 fully saturated rings. The molecule has 0 saturated carbocycles. The van der Waals surface area contributed by atoms with Gasteiger partial charge in [-0.15, -0.1) is 0 Å². The first kappa shape index (κ1) is 15.2. The average molecular weight is 303 g/mol. The number of anilines is 1. The van der Waals surface area contributed by atoms with Crippen molar-refractivity contribution >= 4 is 11.7 Å². The first-order chi connectivity index (χ1) is 10.6. The highest BCUT2D eigenvalue weighted by molar-refractivity contribution is 5.91. The molecule has 2 heterocycles. The minimum absolute atomic E-state index is 0.156. The lowest BCUT2D eigenvalue weighted by atomic mass is 9.94. The van der Waals surface area contributed by atoms with Crippen LogP contribution in [-0.2, 0) is 0 Å². The highest BCUT2D eigenvalue weighted by atomic mass is 16.5. The summed E-state index contributed by atoms with van der Waals surface area (Å²) in [5.74, 6) is 0.683. The molecule has 22 heavy (non-hydrogen) atoms. The summed E-state index contributed by atoms with van der Waals surface area (Å²) in [6.45, 7) is 5.08. The van der Waals surface area contributed by atoms with Crippen molar-refractivity contribution < 1.29 is 9.53 Å². The summed E-state index contributed by atoms with van der Waals surface area (Å²) >= 11 is 0. The number of methoxy groups -OCH3 is 1. The SMILES string of the molecule is COc1ccc(C)cc1NC(=O)NCC12CCCN1CCC2. The molecule has 1 aromatic rings. The zero-order chi connectivity index (χ0) is 15.6. The van der Waals surface area contributed by atoms with Gasteiger partial charge in [-0.25, -0.2) is 4.79 Å². The van der Waals surface area contributed by atoms with E-state index in [0.717, 1.165) is 12.1 Å². The molecule has 1 aromatic carbocycles. The summed E-state index contributed by atoms with van der Waals surface area (Å²) in [5, 5.41) is 5.97. The van der Waals surface area contributed by atoms with Gasteiger partial charge in [-0.3, -0.25) is 4.90 Å². The Labute approximate surface area is 132 Å². The Morgan fingerprint density at radius 2 is 2.05 bits per heavy atom. The molecule has 5 nitrogen and oxygen atoms in total. The fourth-order valence-electron chi connectivity index (χ4n) is 3.84. The van der Waals surface area contributed by atoms with Crippen molar-refractivity contribution in [2.75, 3.05) is 32.1 Å². The number of hydrogen-bond acceptors (Lipinski definition) is 3. The van der Waals surface area contributed by atoms with Gasteiger partial charge in [0.2, 0.25) is 0 Å². The lowest BCUT2D eigenvalue weighted by Crippen LogP contribution is -2.49. The monoisotopic (exact) mass is 303 g/mol. The Balaban J connectivity index is 1.60. The number of hydrogen-bond donors (Lipinski definition) is 2. The van der Waals surface area contributed by atoms with Gasteiger partial charge in [0.05, 0.1) is 12.8 Å². The molecule has 2 amide bonds. The van der Waals surface area contributed by atoms with Crippen LogP contribution in [-0.4, -0.2) is 43.2 Å². The predicted octanol–water partition coefficient (Wildman–Crippen LogP) is 2.75. The van der Waals surface area contributed by atoms with E-state index >= 15 is 0 Å². The molecule has 0 atom stereocenters. The number of ether oxygens (including phenoxy) is 1. The Hall–Kier alpha value is -1.75. The third kappa shape index (κ3) is 2.90. The van der Waals surface area contributed by atoms with Gasteiger partial charge in [0.15, 0.2) is 0 Å². The van der Waals surface area contributed by atoms with Crippen molar-refractivity contribution in [3.8, 4) is 5.75 Å². The van der Waals surface area contributed by atoms with Crippen LogP contribution in [0.5, 0.6) is 5.75 Å². The van der Waals surface area contributed by atoms with E-state index < -0.39 is 0 Å². The minimum atomic E-state index is -0.156. The number of fused-ring (bicyclic) bond motifs is 1. The first-order valence-electron chi connectivity index (χ1n) is 8.07. The van der Waals surface area contributed by atoms with Crippen LogP contribution in [0.4, 0.5) is 10.5 Å². The van der Waals surface area contributed by atoms with Crippen LogP contribution in [0.3, 0.4) is 0 Å². The second kappa shape index (κ2) is 6.16. The molecule has 120 valence electrons. The molecule has 2 aliphatic rings. The lowest BCUT2D eigenvalue weighted by molar-refractivity contribution is 0.189. The van der Waals surface area contributed by atoms with Gasteiger partial charge in [0, 0.05) is 12.1 Å².